The monoisotopic (exact) mass is 380 g/mol. The predicted molar refractivity (Wildman–Crippen MR) is 101 cm³/mol. The molecule has 0 radical (unpaired) electrons. The van der Waals surface area contributed by atoms with Gasteiger partial charge in [0.25, 0.3) is 0 Å². The summed E-state index contributed by atoms with van der Waals surface area (Å²) in [6, 6.07) is 11.8. The van der Waals surface area contributed by atoms with E-state index in [0.717, 1.165) is 0 Å². The second-order valence-corrected chi connectivity index (χ2v) is 6.08. The van der Waals surface area contributed by atoms with Gasteiger partial charge < -0.3 is 15.0 Å². The lowest BCUT2D eigenvalue weighted by Gasteiger charge is -2.21. The normalized spacial score (nSPS) is 10.2. The fourth-order valence-corrected chi connectivity index (χ4v) is 2.78. The van der Waals surface area contributed by atoms with Crippen LogP contribution in [-0.2, 0) is 9.59 Å². The predicted octanol–water partition coefficient (Wildman–Crippen LogP) is 4.38. The molecule has 0 spiro atoms. The fraction of sp³-hybridized carbons (Fsp3) is 0.222. The van der Waals surface area contributed by atoms with Crippen molar-refractivity contribution in [3.05, 3.63) is 52.5 Å². The number of hydrogen-bond acceptors (Lipinski definition) is 3. The van der Waals surface area contributed by atoms with Gasteiger partial charge in [0.2, 0.25) is 11.8 Å². The largest absolute Gasteiger partial charge is 0.492 e. The third-order valence-electron chi connectivity index (χ3n) is 3.30. The zero-order valence-corrected chi connectivity index (χ0v) is 15.4. The maximum Gasteiger partial charge on any atom is 0.244 e. The summed E-state index contributed by atoms with van der Waals surface area (Å²) in [6.07, 6.45) is 0. The Hall–Kier alpha value is -2.24. The van der Waals surface area contributed by atoms with Crippen molar-refractivity contribution < 1.29 is 14.3 Å². The zero-order valence-electron chi connectivity index (χ0n) is 13.9. The van der Waals surface area contributed by atoms with Gasteiger partial charge in [-0.1, -0.05) is 35.3 Å². The number of nitrogens with one attached hydrogen (secondary N) is 1. The molecule has 132 valence electrons. The van der Waals surface area contributed by atoms with Crippen LogP contribution in [0.25, 0.3) is 0 Å². The molecule has 1 N–H and O–H groups in total. The first kappa shape index (κ1) is 19.1. The highest BCUT2D eigenvalue weighted by Crippen LogP contribution is 2.26. The number of para-hydroxylation sites is 2. The number of nitrogens with zero attached hydrogens (tertiary/aromatic N) is 1. The summed E-state index contributed by atoms with van der Waals surface area (Å²) in [5.74, 6) is -0.0939. The fourth-order valence-electron chi connectivity index (χ4n) is 2.26. The third kappa shape index (κ3) is 5.37. The van der Waals surface area contributed by atoms with Crippen molar-refractivity contribution in [3.8, 4) is 5.75 Å². The Morgan fingerprint density at radius 3 is 2.36 bits per heavy atom. The molecular weight excluding hydrogens is 363 g/mol. The molecule has 0 heterocycles. The van der Waals surface area contributed by atoms with E-state index in [-0.39, 0.29) is 18.4 Å². The van der Waals surface area contributed by atoms with Gasteiger partial charge in [0, 0.05) is 22.7 Å². The van der Waals surface area contributed by atoms with Crippen molar-refractivity contribution in [2.45, 2.75) is 13.8 Å². The van der Waals surface area contributed by atoms with Crippen LogP contribution in [0, 0.1) is 0 Å². The van der Waals surface area contributed by atoms with Crippen LogP contribution in [0.4, 0.5) is 11.4 Å². The van der Waals surface area contributed by atoms with E-state index < -0.39 is 0 Å². The van der Waals surface area contributed by atoms with E-state index in [1.165, 1.54) is 11.8 Å². The quantitative estimate of drug-likeness (QED) is 0.808. The highest BCUT2D eigenvalue weighted by Gasteiger charge is 2.18. The summed E-state index contributed by atoms with van der Waals surface area (Å²) in [5, 5.41) is 3.53. The summed E-state index contributed by atoms with van der Waals surface area (Å²) in [5.41, 5.74) is 1.00. The van der Waals surface area contributed by atoms with E-state index in [1.807, 2.05) is 13.0 Å². The smallest absolute Gasteiger partial charge is 0.244 e. The number of carbonyl (C=O) groups excluding carboxylic acids is 2. The van der Waals surface area contributed by atoms with E-state index in [4.69, 9.17) is 27.9 Å². The van der Waals surface area contributed by atoms with Gasteiger partial charge in [-0.2, -0.15) is 0 Å². The Morgan fingerprint density at radius 1 is 1.12 bits per heavy atom. The lowest BCUT2D eigenvalue weighted by molar-refractivity contribution is -0.120. The van der Waals surface area contributed by atoms with Crippen molar-refractivity contribution >= 4 is 46.4 Å². The SMILES string of the molecule is CCOc1ccccc1NC(=O)CN(C(C)=O)c1cc(Cl)cc(Cl)c1. The van der Waals surface area contributed by atoms with Crippen LogP contribution in [0.5, 0.6) is 5.75 Å². The lowest BCUT2D eigenvalue weighted by Crippen LogP contribution is -2.36. The Kier molecular flexibility index (Phi) is 6.67. The van der Waals surface area contributed by atoms with Crippen LogP contribution in [0.2, 0.25) is 10.0 Å². The molecule has 0 aliphatic rings. The van der Waals surface area contributed by atoms with Crippen molar-refractivity contribution in [2.75, 3.05) is 23.4 Å². The summed E-state index contributed by atoms with van der Waals surface area (Å²) in [7, 11) is 0. The number of carbonyl (C=O) groups is 2. The van der Waals surface area contributed by atoms with Crippen molar-refractivity contribution in [1.29, 1.82) is 0 Å². The molecule has 5 nitrogen and oxygen atoms in total. The molecule has 2 aromatic carbocycles. The Bertz CT molecular complexity index is 760. The van der Waals surface area contributed by atoms with Gasteiger partial charge in [0.05, 0.1) is 12.3 Å². The average Bonchev–Trinajstić information content (AvgIpc) is 2.53. The van der Waals surface area contributed by atoms with Gasteiger partial charge in [-0.25, -0.2) is 0 Å². The van der Waals surface area contributed by atoms with E-state index in [2.05, 4.69) is 5.32 Å². The molecule has 7 heteroatoms. The molecule has 0 aliphatic heterocycles. The lowest BCUT2D eigenvalue weighted by atomic mass is 10.2. The number of anilines is 2. The highest BCUT2D eigenvalue weighted by atomic mass is 35.5. The van der Waals surface area contributed by atoms with Crippen LogP contribution >= 0.6 is 23.2 Å². The van der Waals surface area contributed by atoms with Gasteiger partial charge in [-0.05, 0) is 37.3 Å². The van der Waals surface area contributed by atoms with Crippen LogP contribution in [0.15, 0.2) is 42.5 Å². The van der Waals surface area contributed by atoms with E-state index in [0.29, 0.717) is 33.8 Å². The standard InChI is InChI=1S/C18H18Cl2N2O3/c1-3-25-17-7-5-4-6-16(17)21-18(24)11-22(12(2)23)15-9-13(19)8-14(20)10-15/h4-10H,3,11H2,1-2H3,(H,21,24). The number of benzene rings is 2. The second kappa shape index (κ2) is 8.74. The first-order valence-electron chi connectivity index (χ1n) is 7.66. The van der Waals surface area contributed by atoms with Gasteiger partial charge in [-0.15, -0.1) is 0 Å². The molecule has 25 heavy (non-hydrogen) atoms. The first-order chi connectivity index (χ1) is 11.9. The minimum atomic E-state index is -0.363. The Balaban J connectivity index is 2.17. The van der Waals surface area contributed by atoms with Gasteiger partial charge in [0.1, 0.15) is 12.3 Å². The summed E-state index contributed by atoms with van der Waals surface area (Å²) in [6.45, 7) is 3.54. The Labute approximate surface area is 156 Å². The van der Waals surface area contributed by atoms with Crippen LogP contribution in [0.1, 0.15) is 13.8 Å². The molecule has 0 atom stereocenters. The molecule has 0 aromatic heterocycles. The molecule has 0 saturated heterocycles. The molecular formula is C18H18Cl2N2O3. The van der Waals surface area contributed by atoms with E-state index in [1.54, 1.807) is 36.4 Å². The summed E-state index contributed by atoms with van der Waals surface area (Å²) >= 11 is 12.0. The van der Waals surface area contributed by atoms with Crippen LogP contribution < -0.4 is 15.0 Å². The third-order valence-corrected chi connectivity index (χ3v) is 3.74. The molecule has 0 bridgehead atoms. The minimum absolute atomic E-state index is 0.174. The maximum atomic E-state index is 12.4. The Morgan fingerprint density at radius 2 is 1.76 bits per heavy atom. The van der Waals surface area contributed by atoms with Crippen molar-refractivity contribution in [2.24, 2.45) is 0 Å². The van der Waals surface area contributed by atoms with Gasteiger partial charge in [0.15, 0.2) is 0 Å². The van der Waals surface area contributed by atoms with E-state index >= 15 is 0 Å². The van der Waals surface area contributed by atoms with Gasteiger partial charge in [-0.3, -0.25) is 9.59 Å². The van der Waals surface area contributed by atoms with Crippen LogP contribution in [-0.4, -0.2) is 25.0 Å². The minimum Gasteiger partial charge on any atom is -0.492 e. The molecule has 2 aromatic rings. The second-order valence-electron chi connectivity index (χ2n) is 5.21. The summed E-state index contributed by atoms with van der Waals surface area (Å²) < 4.78 is 5.48. The number of ether oxygens (including phenoxy) is 1. The molecule has 0 unspecified atom stereocenters. The highest BCUT2D eigenvalue weighted by molar-refractivity contribution is 6.35. The molecule has 2 amide bonds. The average molecular weight is 381 g/mol. The number of amides is 2. The maximum absolute atomic E-state index is 12.4. The number of hydrogen-bond donors (Lipinski definition) is 1. The molecule has 2 rings (SSSR count). The number of rotatable bonds is 6. The van der Waals surface area contributed by atoms with Crippen molar-refractivity contribution in [1.82, 2.24) is 0 Å². The molecule has 0 saturated carbocycles. The topological polar surface area (TPSA) is 58.6 Å². The van der Waals surface area contributed by atoms with Crippen molar-refractivity contribution in [3.63, 3.8) is 0 Å². The molecule has 0 aliphatic carbocycles. The van der Waals surface area contributed by atoms with Crippen LogP contribution in [0.3, 0.4) is 0 Å². The van der Waals surface area contributed by atoms with E-state index in [9.17, 15) is 9.59 Å². The molecule has 0 fully saturated rings. The van der Waals surface area contributed by atoms with Gasteiger partial charge >= 0.3 is 0 Å². The zero-order chi connectivity index (χ0) is 18.4. The summed E-state index contributed by atoms with van der Waals surface area (Å²) in [4.78, 5) is 25.7. The number of halogens is 2. The first-order valence-corrected chi connectivity index (χ1v) is 8.42.